The summed E-state index contributed by atoms with van der Waals surface area (Å²) in [5.74, 6) is 0.0732. The van der Waals surface area contributed by atoms with E-state index < -0.39 is 0 Å². The van der Waals surface area contributed by atoms with E-state index in [0.717, 1.165) is 38.2 Å². The minimum Gasteiger partial charge on any atom is -0.342 e. The van der Waals surface area contributed by atoms with E-state index in [1.807, 2.05) is 44.2 Å². The number of anilines is 1. The summed E-state index contributed by atoms with van der Waals surface area (Å²) < 4.78 is 15.4. The summed E-state index contributed by atoms with van der Waals surface area (Å²) in [5.41, 5.74) is 5.23. The molecule has 0 radical (unpaired) electrons. The number of thioether (sulfide) groups is 1. The van der Waals surface area contributed by atoms with Crippen molar-refractivity contribution < 1.29 is 9.18 Å². The van der Waals surface area contributed by atoms with E-state index in [4.69, 9.17) is 0 Å². The lowest BCUT2D eigenvalue weighted by atomic mass is 10.1. The summed E-state index contributed by atoms with van der Waals surface area (Å²) in [5, 5.41) is 4.13. The van der Waals surface area contributed by atoms with Crippen LogP contribution in [0.15, 0.2) is 77.8 Å². The van der Waals surface area contributed by atoms with Gasteiger partial charge in [0.25, 0.3) is 0 Å². The summed E-state index contributed by atoms with van der Waals surface area (Å²) in [6, 6.07) is 20.6. The maximum Gasteiger partial charge on any atom is 0.234 e. The zero-order valence-corrected chi connectivity index (χ0v) is 17.8. The van der Waals surface area contributed by atoms with E-state index in [1.54, 1.807) is 12.1 Å². The van der Waals surface area contributed by atoms with Crippen LogP contribution in [0.2, 0.25) is 0 Å². The Morgan fingerprint density at radius 1 is 1.00 bits per heavy atom. The summed E-state index contributed by atoms with van der Waals surface area (Å²) in [6.45, 7) is 4.70. The number of aromatic nitrogens is 1. The Morgan fingerprint density at radius 3 is 2.57 bits per heavy atom. The lowest BCUT2D eigenvalue weighted by molar-refractivity contribution is -0.113. The monoisotopic (exact) mass is 418 g/mol. The highest BCUT2D eigenvalue weighted by Gasteiger charge is 2.12. The van der Waals surface area contributed by atoms with Crippen molar-refractivity contribution in [2.24, 2.45) is 0 Å². The minimum absolute atomic E-state index is 0.0240. The van der Waals surface area contributed by atoms with Gasteiger partial charge in [0.05, 0.1) is 5.75 Å². The highest BCUT2D eigenvalue weighted by atomic mass is 32.2. The standard InChI is InChI=1S/C25H23FN2OS/c1-17-6-5-8-22(18(17)2)27-25(29)16-30-24-15-28(23-9-4-3-7-21(23)24)14-19-10-12-20(26)13-11-19/h3-13,15H,14,16H2,1-2H3,(H,27,29). The van der Waals surface area contributed by atoms with E-state index in [2.05, 4.69) is 28.2 Å². The minimum atomic E-state index is -0.234. The molecule has 1 amide bonds. The summed E-state index contributed by atoms with van der Waals surface area (Å²) >= 11 is 1.53. The fourth-order valence-corrected chi connectivity index (χ4v) is 4.35. The Bertz CT molecular complexity index is 1200. The molecule has 5 heteroatoms. The molecule has 1 heterocycles. The van der Waals surface area contributed by atoms with Crippen molar-refractivity contribution >= 4 is 34.3 Å². The first-order valence-corrected chi connectivity index (χ1v) is 10.8. The number of nitrogens with one attached hydrogen (secondary N) is 1. The van der Waals surface area contributed by atoms with E-state index in [9.17, 15) is 9.18 Å². The third kappa shape index (κ3) is 4.41. The van der Waals surface area contributed by atoms with Crippen LogP contribution in [0.3, 0.4) is 0 Å². The van der Waals surface area contributed by atoms with Crippen LogP contribution in [0.4, 0.5) is 10.1 Å². The Morgan fingerprint density at radius 2 is 1.77 bits per heavy atom. The number of benzene rings is 3. The molecule has 1 N–H and O–H groups in total. The van der Waals surface area contributed by atoms with Crippen LogP contribution in [-0.4, -0.2) is 16.2 Å². The zero-order valence-electron chi connectivity index (χ0n) is 17.0. The van der Waals surface area contributed by atoms with Gasteiger partial charge in [0.15, 0.2) is 0 Å². The molecule has 3 nitrogen and oxygen atoms in total. The van der Waals surface area contributed by atoms with Crippen molar-refractivity contribution in [3.05, 3.63) is 95.4 Å². The largest absolute Gasteiger partial charge is 0.342 e. The number of halogens is 1. The molecule has 0 aliphatic rings. The molecule has 4 rings (SSSR count). The molecule has 152 valence electrons. The molecule has 0 fully saturated rings. The van der Waals surface area contributed by atoms with Crippen LogP contribution in [0.1, 0.15) is 16.7 Å². The summed E-state index contributed by atoms with van der Waals surface area (Å²) in [6.07, 6.45) is 2.07. The van der Waals surface area contributed by atoms with Crippen molar-refractivity contribution in [3.8, 4) is 0 Å². The van der Waals surface area contributed by atoms with Gasteiger partial charge in [0.1, 0.15) is 5.82 Å². The zero-order chi connectivity index (χ0) is 21.1. The fraction of sp³-hybridized carbons (Fsp3) is 0.160. The predicted molar refractivity (Wildman–Crippen MR) is 123 cm³/mol. The molecule has 0 unspecified atom stereocenters. The van der Waals surface area contributed by atoms with Gasteiger partial charge in [-0.05, 0) is 54.8 Å². The number of aryl methyl sites for hydroxylation is 1. The Kier molecular flexibility index (Phi) is 5.91. The molecule has 0 saturated heterocycles. The van der Waals surface area contributed by atoms with Crippen LogP contribution >= 0.6 is 11.8 Å². The fourth-order valence-electron chi connectivity index (χ4n) is 3.46. The molecule has 0 saturated carbocycles. The molecule has 30 heavy (non-hydrogen) atoms. The van der Waals surface area contributed by atoms with Gasteiger partial charge in [0.2, 0.25) is 5.91 Å². The normalized spacial score (nSPS) is 11.0. The van der Waals surface area contributed by atoms with Gasteiger partial charge in [-0.3, -0.25) is 4.79 Å². The maximum atomic E-state index is 13.2. The van der Waals surface area contributed by atoms with Gasteiger partial charge in [-0.25, -0.2) is 4.39 Å². The van der Waals surface area contributed by atoms with E-state index >= 15 is 0 Å². The van der Waals surface area contributed by atoms with Crippen LogP contribution in [0, 0.1) is 19.7 Å². The van der Waals surface area contributed by atoms with Gasteiger partial charge < -0.3 is 9.88 Å². The lowest BCUT2D eigenvalue weighted by Crippen LogP contribution is -2.15. The van der Waals surface area contributed by atoms with Gasteiger partial charge >= 0.3 is 0 Å². The predicted octanol–water partition coefficient (Wildman–Crippen LogP) is 6.18. The van der Waals surface area contributed by atoms with Gasteiger partial charge in [-0.15, -0.1) is 11.8 Å². The number of carbonyl (C=O) groups is 1. The SMILES string of the molecule is Cc1cccc(NC(=O)CSc2cn(Cc3ccc(F)cc3)c3ccccc23)c1C. The lowest BCUT2D eigenvalue weighted by Gasteiger charge is -2.10. The first kappa shape index (κ1) is 20.2. The van der Waals surface area contributed by atoms with Crippen molar-refractivity contribution in [3.63, 3.8) is 0 Å². The molecule has 3 aromatic carbocycles. The Balaban J connectivity index is 1.51. The van der Waals surface area contributed by atoms with Crippen LogP contribution in [0.5, 0.6) is 0 Å². The molecule has 0 spiro atoms. The third-order valence-corrected chi connectivity index (χ3v) is 6.30. The Labute approximate surface area is 179 Å². The number of nitrogens with zero attached hydrogens (tertiary/aromatic N) is 1. The van der Waals surface area contributed by atoms with E-state index in [0.29, 0.717) is 12.3 Å². The number of fused-ring (bicyclic) bond motifs is 1. The smallest absolute Gasteiger partial charge is 0.234 e. The number of hydrogen-bond donors (Lipinski definition) is 1. The first-order chi connectivity index (χ1) is 14.5. The molecule has 0 aliphatic heterocycles. The number of carbonyl (C=O) groups excluding carboxylic acids is 1. The van der Waals surface area contributed by atoms with Gasteiger partial charge in [-0.1, -0.05) is 42.5 Å². The van der Waals surface area contributed by atoms with Gasteiger partial charge in [-0.2, -0.15) is 0 Å². The molecule has 1 aromatic heterocycles. The van der Waals surface area contributed by atoms with Crippen molar-refractivity contribution in [2.45, 2.75) is 25.3 Å². The number of rotatable bonds is 6. The highest BCUT2D eigenvalue weighted by molar-refractivity contribution is 8.00. The molecule has 0 aliphatic carbocycles. The number of amides is 1. The van der Waals surface area contributed by atoms with Gasteiger partial charge in [0, 0.05) is 34.2 Å². The average Bonchev–Trinajstić information content (AvgIpc) is 3.09. The molecular formula is C25H23FN2OS. The topological polar surface area (TPSA) is 34.0 Å². The van der Waals surface area contributed by atoms with Crippen LogP contribution in [-0.2, 0) is 11.3 Å². The second kappa shape index (κ2) is 8.76. The van der Waals surface area contributed by atoms with Crippen molar-refractivity contribution in [1.29, 1.82) is 0 Å². The third-order valence-electron chi connectivity index (χ3n) is 5.26. The van der Waals surface area contributed by atoms with Crippen LogP contribution < -0.4 is 5.32 Å². The quantitative estimate of drug-likeness (QED) is 0.380. The second-order valence-electron chi connectivity index (χ2n) is 7.35. The summed E-state index contributed by atoms with van der Waals surface area (Å²) in [7, 11) is 0. The Hall–Kier alpha value is -3.05. The first-order valence-electron chi connectivity index (χ1n) is 9.82. The molecule has 0 atom stereocenters. The molecule has 0 bridgehead atoms. The maximum absolute atomic E-state index is 13.2. The second-order valence-corrected chi connectivity index (χ2v) is 8.37. The van der Waals surface area contributed by atoms with Crippen LogP contribution in [0.25, 0.3) is 10.9 Å². The van der Waals surface area contributed by atoms with Crippen molar-refractivity contribution in [1.82, 2.24) is 4.57 Å². The van der Waals surface area contributed by atoms with Crippen molar-refractivity contribution in [2.75, 3.05) is 11.1 Å². The molecular weight excluding hydrogens is 395 g/mol. The summed E-state index contributed by atoms with van der Waals surface area (Å²) in [4.78, 5) is 13.6. The average molecular weight is 419 g/mol. The van der Waals surface area contributed by atoms with E-state index in [1.165, 1.54) is 23.9 Å². The van der Waals surface area contributed by atoms with E-state index in [-0.39, 0.29) is 11.7 Å². The molecule has 4 aromatic rings. The number of hydrogen-bond acceptors (Lipinski definition) is 2. The number of para-hydroxylation sites is 1. The highest BCUT2D eigenvalue weighted by Crippen LogP contribution is 2.31.